The molecule has 0 fully saturated rings. The van der Waals surface area contributed by atoms with E-state index in [2.05, 4.69) is 247 Å². The minimum Gasteiger partial charge on any atom is -0.309 e. The first-order valence-corrected chi connectivity index (χ1v) is 24.4. The summed E-state index contributed by atoms with van der Waals surface area (Å²) in [6, 6.07) is 73.2. The Labute approximate surface area is 406 Å². The van der Waals surface area contributed by atoms with E-state index in [1.165, 1.54) is 108 Å². The van der Waals surface area contributed by atoms with Gasteiger partial charge in [0.15, 0.2) is 0 Å². The molecule has 4 heteroatoms. The standard InChI is InChI=1S/C63H45N3S.C2H2/c1-41(42-17-4-2-5-18-42)37-55(64-40-45-19-16-30-62-63(45)52-26-12-15-29-61(52)67-62)48-33-36-58(49-23-9-8-22-47(48)49)66-57-28-14-11-25-51(57)54-39-44(32-35-60(54)66)43-31-34-59-53(38-43)50-24-10-13-27-56(50)65(59)46-20-6-3-7-21-46;1-2/h2-14,16-28,30-39H,15,29,40H2,1H3;1-2H/b41-37+,64-55?;. The minimum atomic E-state index is 0.593. The molecular weight excluding hydrogens is 855 g/mol. The molecule has 0 atom stereocenters. The SMILES string of the molecule is C#C.C/C(=C\C(=NCc1cccc2sc3c(c12)C=CCC3)c1ccc(-n2c3ccccc3c3cc(-c4ccc5c(c4)c4ccccc4n5-c4ccccc4)ccc32)c2ccccc12)c1ccccc1. The van der Waals surface area contributed by atoms with Gasteiger partial charge in [0, 0.05) is 53.1 Å². The number of aromatic nitrogens is 2. The number of aryl methyl sites for hydroxylation is 1. The molecule has 328 valence electrons. The van der Waals surface area contributed by atoms with Crippen molar-refractivity contribution in [1.82, 2.24) is 9.13 Å². The zero-order valence-corrected chi connectivity index (χ0v) is 39.1. The van der Waals surface area contributed by atoms with E-state index in [-0.39, 0.29) is 0 Å². The fourth-order valence-electron chi connectivity index (χ4n) is 10.7. The van der Waals surface area contributed by atoms with E-state index in [1.807, 2.05) is 11.3 Å². The maximum absolute atomic E-state index is 5.55. The number of fused-ring (bicyclic) bond motifs is 10. The maximum Gasteiger partial charge on any atom is 0.0659 e. The number of allylic oxidation sites excluding steroid dienone is 3. The highest BCUT2D eigenvalue weighted by atomic mass is 32.1. The Morgan fingerprint density at radius 1 is 0.565 bits per heavy atom. The van der Waals surface area contributed by atoms with Gasteiger partial charge in [0.1, 0.15) is 0 Å². The fraction of sp³-hybridized carbons (Fsp3) is 0.0615. The second kappa shape index (κ2) is 17.6. The van der Waals surface area contributed by atoms with E-state index < -0.39 is 0 Å². The van der Waals surface area contributed by atoms with Crippen molar-refractivity contribution in [2.75, 3.05) is 0 Å². The van der Waals surface area contributed by atoms with Crippen molar-refractivity contribution >= 4 is 93.2 Å². The molecule has 0 bridgehead atoms. The second-order valence-corrected chi connectivity index (χ2v) is 18.9. The number of para-hydroxylation sites is 3. The molecule has 3 nitrogen and oxygen atoms in total. The molecule has 0 amide bonds. The summed E-state index contributed by atoms with van der Waals surface area (Å²) in [7, 11) is 0. The van der Waals surface area contributed by atoms with Gasteiger partial charge in [0.2, 0.25) is 0 Å². The van der Waals surface area contributed by atoms with Crippen LogP contribution in [-0.2, 0) is 13.0 Å². The highest BCUT2D eigenvalue weighted by Crippen LogP contribution is 2.41. The number of hydrogen-bond donors (Lipinski definition) is 0. The molecule has 0 saturated heterocycles. The summed E-state index contributed by atoms with van der Waals surface area (Å²) < 4.78 is 6.20. The van der Waals surface area contributed by atoms with Crippen molar-refractivity contribution in [1.29, 1.82) is 0 Å². The van der Waals surface area contributed by atoms with Crippen LogP contribution in [-0.4, -0.2) is 14.8 Å². The molecule has 0 spiro atoms. The Balaban J connectivity index is 0.00000243. The van der Waals surface area contributed by atoms with Crippen molar-refractivity contribution < 1.29 is 0 Å². The molecular formula is C65H47N3S. The molecule has 9 aromatic carbocycles. The Bertz CT molecular complexity index is 4060. The van der Waals surface area contributed by atoms with Gasteiger partial charge in [-0.1, -0.05) is 152 Å². The lowest BCUT2D eigenvalue weighted by Gasteiger charge is -2.16. The third kappa shape index (κ3) is 7.19. The van der Waals surface area contributed by atoms with Crippen LogP contribution in [0.5, 0.6) is 0 Å². The van der Waals surface area contributed by atoms with Crippen LogP contribution < -0.4 is 0 Å². The molecule has 1 aliphatic rings. The van der Waals surface area contributed by atoms with Gasteiger partial charge < -0.3 is 9.13 Å². The van der Waals surface area contributed by atoms with E-state index >= 15 is 0 Å². The van der Waals surface area contributed by atoms with Crippen LogP contribution in [0.25, 0.3) is 98.6 Å². The summed E-state index contributed by atoms with van der Waals surface area (Å²) in [6.45, 7) is 2.80. The van der Waals surface area contributed by atoms with E-state index in [0.29, 0.717) is 6.54 Å². The number of hydrogen-bond acceptors (Lipinski definition) is 2. The smallest absolute Gasteiger partial charge is 0.0659 e. The molecule has 13 rings (SSSR count). The molecule has 0 radical (unpaired) electrons. The van der Waals surface area contributed by atoms with Crippen molar-refractivity contribution in [3.8, 4) is 35.3 Å². The number of aliphatic imine (C=N–C) groups is 1. The third-order valence-electron chi connectivity index (χ3n) is 13.9. The van der Waals surface area contributed by atoms with Gasteiger partial charge in [-0.3, -0.25) is 4.99 Å². The molecule has 0 N–H and O–H groups in total. The first kappa shape index (κ1) is 41.9. The Morgan fingerprint density at radius 2 is 1.16 bits per heavy atom. The lowest BCUT2D eigenvalue weighted by atomic mass is 9.96. The van der Waals surface area contributed by atoms with Crippen molar-refractivity contribution in [2.45, 2.75) is 26.3 Å². The van der Waals surface area contributed by atoms with Crippen molar-refractivity contribution in [3.63, 3.8) is 0 Å². The number of benzene rings is 9. The monoisotopic (exact) mass is 901 g/mol. The van der Waals surface area contributed by atoms with Crippen LogP contribution in [0.15, 0.2) is 217 Å². The van der Waals surface area contributed by atoms with Gasteiger partial charge in [0.25, 0.3) is 0 Å². The Morgan fingerprint density at radius 3 is 1.87 bits per heavy atom. The lowest BCUT2D eigenvalue weighted by Crippen LogP contribution is -2.04. The first-order chi connectivity index (χ1) is 34.2. The highest BCUT2D eigenvalue weighted by molar-refractivity contribution is 7.19. The number of thiophene rings is 1. The molecule has 1 aliphatic carbocycles. The normalized spacial score (nSPS) is 12.9. The minimum absolute atomic E-state index is 0.593. The number of terminal acetylenes is 1. The van der Waals surface area contributed by atoms with Gasteiger partial charge in [-0.15, -0.1) is 24.2 Å². The van der Waals surface area contributed by atoms with Crippen LogP contribution in [0.4, 0.5) is 0 Å². The average Bonchev–Trinajstić information content (AvgIpc) is 4.08. The summed E-state index contributed by atoms with van der Waals surface area (Å²) in [5.41, 5.74) is 16.6. The van der Waals surface area contributed by atoms with Gasteiger partial charge in [-0.2, -0.15) is 0 Å². The van der Waals surface area contributed by atoms with Crippen molar-refractivity contribution in [2.24, 2.45) is 4.99 Å². The molecule has 0 aliphatic heterocycles. The maximum atomic E-state index is 5.55. The molecule has 0 unspecified atom stereocenters. The van der Waals surface area contributed by atoms with Crippen LogP contribution >= 0.6 is 11.3 Å². The second-order valence-electron chi connectivity index (χ2n) is 17.7. The van der Waals surface area contributed by atoms with E-state index in [9.17, 15) is 0 Å². The van der Waals surface area contributed by atoms with E-state index in [4.69, 9.17) is 4.99 Å². The van der Waals surface area contributed by atoms with Crippen LogP contribution in [0.2, 0.25) is 0 Å². The van der Waals surface area contributed by atoms with E-state index in [0.717, 1.165) is 29.8 Å². The lowest BCUT2D eigenvalue weighted by molar-refractivity contribution is 1.01. The zero-order chi connectivity index (χ0) is 46.4. The van der Waals surface area contributed by atoms with Gasteiger partial charge in [-0.05, 0) is 125 Å². The Hall–Kier alpha value is -8.49. The largest absolute Gasteiger partial charge is 0.309 e. The van der Waals surface area contributed by atoms with Crippen molar-refractivity contribution in [3.05, 3.63) is 239 Å². The van der Waals surface area contributed by atoms with Crippen LogP contribution in [0.1, 0.15) is 40.5 Å². The molecule has 12 aromatic rings. The number of rotatable bonds is 8. The summed E-state index contributed by atoms with van der Waals surface area (Å²) in [5, 5.41) is 8.69. The van der Waals surface area contributed by atoms with Gasteiger partial charge >= 0.3 is 0 Å². The third-order valence-corrected chi connectivity index (χ3v) is 15.1. The zero-order valence-electron chi connectivity index (χ0n) is 38.3. The average molecular weight is 902 g/mol. The quantitative estimate of drug-likeness (QED) is 0.107. The predicted molar refractivity (Wildman–Crippen MR) is 297 cm³/mol. The van der Waals surface area contributed by atoms with E-state index in [1.54, 1.807) is 0 Å². The molecule has 3 aromatic heterocycles. The Kier molecular flexibility index (Phi) is 10.7. The van der Waals surface area contributed by atoms with Gasteiger partial charge in [0.05, 0.1) is 40.0 Å². The fourth-order valence-corrected chi connectivity index (χ4v) is 11.9. The first-order valence-electron chi connectivity index (χ1n) is 23.6. The highest BCUT2D eigenvalue weighted by Gasteiger charge is 2.20. The molecule has 0 saturated carbocycles. The predicted octanol–water partition coefficient (Wildman–Crippen LogP) is 17.2. The summed E-state index contributed by atoms with van der Waals surface area (Å²) in [4.78, 5) is 7.04. The van der Waals surface area contributed by atoms with Gasteiger partial charge in [-0.25, -0.2) is 0 Å². The number of nitrogens with zero attached hydrogens (tertiary/aromatic N) is 3. The topological polar surface area (TPSA) is 22.2 Å². The van der Waals surface area contributed by atoms with Crippen LogP contribution in [0.3, 0.4) is 0 Å². The molecule has 69 heavy (non-hydrogen) atoms. The summed E-state index contributed by atoms with van der Waals surface area (Å²) in [5.74, 6) is 0. The summed E-state index contributed by atoms with van der Waals surface area (Å²) >= 11 is 1.94. The molecule has 3 heterocycles. The van der Waals surface area contributed by atoms with Crippen LogP contribution in [0, 0.1) is 12.8 Å². The summed E-state index contributed by atoms with van der Waals surface area (Å²) in [6.07, 6.45) is 17.2.